The molecule has 600 valence electrons. The largest absolute Gasteiger partial charge is 0.456 e. The molecule has 9 nitrogen and oxygen atoms in total. The highest BCUT2D eigenvalue weighted by molar-refractivity contribution is 6.32. The van der Waals surface area contributed by atoms with Crippen molar-refractivity contribution in [2.45, 2.75) is 0 Å². The van der Waals surface area contributed by atoms with Gasteiger partial charge >= 0.3 is 0 Å². The fourth-order valence-corrected chi connectivity index (χ4v) is 19.3. The highest BCUT2D eigenvalue weighted by Crippen LogP contribution is 2.51. The second-order valence-corrected chi connectivity index (χ2v) is 32.7. The minimum Gasteiger partial charge on any atom is -0.456 e. The lowest BCUT2D eigenvalue weighted by atomic mass is 9.99. The van der Waals surface area contributed by atoms with Crippen LogP contribution in [0.3, 0.4) is 0 Å². The Balaban J connectivity index is 0.000000104. The zero-order valence-electron chi connectivity index (χ0n) is 67.3. The molecule has 0 spiro atoms. The van der Waals surface area contributed by atoms with Crippen LogP contribution in [0, 0.1) is 17.5 Å². The predicted molar refractivity (Wildman–Crippen MR) is 517 cm³/mol. The summed E-state index contributed by atoms with van der Waals surface area (Å²) in [7, 11) is 0. The standard InChI is InChI=1S/C38H22ClNO2.C38H21F2NO2.C38H22FNO2/c39-24-13-18-36-33(20-24)32-17-15-26(22-38(32)42-36)40(25-14-16-31-30-11-5-6-12-35(30)41-37(31)21-25)34-19-23-7-1-2-8-27(23)28-9-3-4-10-29(28)34;39-23-9-15-35-32(18-23)30-13-11-25(20-37(30)42-35)41(26-12-14-31-33-19-24(40)10-16-36(33)43-38(31)21-26)34-17-22-5-1-2-6-27(22)28-7-3-4-8-29(28)34;39-24-13-18-36-33(20-24)32-17-15-26(22-38(32)42-36)40(25-14-16-31-30-11-5-6-12-35(30)41-37(31)21-25)34-19-23-7-1-2-8-27(23)28-9-3-4-10-29(28)34/h1-22H;1-21H;1-22H. The summed E-state index contributed by atoms with van der Waals surface area (Å²) in [4.78, 5) is 6.75. The van der Waals surface area contributed by atoms with E-state index in [1.807, 2.05) is 109 Å². The maximum absolute atomic E-state index is 14.1. The van der Waals surface area contributed by atoms with Crippen LogP contribution >= 0.6 is 11.6 Å². The zero-order chi connectivity index (χ0) is 84.2. The van der Waals surface area contributed by atoms with E-state index in [4.69, 9.17) is 38.1 Å². The van der Waals surface area contributed by atoms with Gasteiger partial charge in [-0.25, -0.2) is 13.2 Å². The highest BCUT2D eigenvalue weighted by Gasteiger charge is 2.27. The van der Waals surface area contributed by atoms with Crippen LogP contribution in [0.4, 0.5) is 64.4 Å². The molecule has 0 unspecified atom stereocenters. The number of rotatable bonds is 9. The third-order valence-corrected chi connectivity index (χ3v) is 25.1. The molecule has 0 N–H and O–H groups in total. The third-order valence-electron chi connectivity index (χ3n) is 24.9. The van der Waals surface area contributed by atoms with Crippen molar-refractivity contribution in [3.8, 4) is 0 Å². The molecule has 0 amide bonds. The molecule has 0 aliphatic heterocycles. The van der Waals surface area contributed by atoms with E-state index >= 15 is 0 Å². The smallest absolute Gasteiger partial charge is 0.137 e. The number of nitrogens with zero attached hydrogens (tertiary/aromatic N) is 3. The maximum atomic E-state index is 14.1. The minimum absolute atomic E-state index is 0.280. The van der Waals surface area contributed by atoms with Crippen LogP contribution in [0.1, 0.15) is 0 Å². The highest BCUT2D eigenvalue weighted by atomic mass is 35.5. The van der Waals surface area contributed by atoms with E-state index in [-0.39, 0.29) is 17.5 Å². The van der Waals surface area contributed by atoms with Crippen molar-refractivity contribution in [2.75, 3.05) is 14.7 Å². The number of halogens is 4. The summed E-state index contributed by atoms with van der Waals surface area (Å²) < 4.78 is 80.0. The van der Waals surface area contributed by atoms with Crippen molar-refractivity contribution in [1.29, 1.82) is 0 Å². The molecule has 27 aromatic rings. The normalized spacial score (nSPS) is 11.9. The molecule has 0 aliphatic carbocycles. The molecule has 0 fully saturated rings. The van der Waals surface area contributed by atoms with Gasteiger partial charge in [0, 0.05) is 156 Å². The second-order valence-electron chi connectivity index (χ2n) is 32.2. The van der Waals surface area contributed by atoms with Gasteiger partial charge in [-0.05, 0) is 224 Å². The Morgan fingerprint density at radius 2 is 0.370 bits per heavy atom. The van der Waals surface area contributed by atoms with Crippen LogP contribution in [0.25, 0.3) is 196 Å². The molecule has 0 bridgehead atoms. The van der Waals surface area contributed by atoms with E-state index in [9.17, 15) is 13.2 Å². The molecule has 6 aromatic heterocycles. The molecule has 0 saturated heterocycles. The Bertz CT molecular complexity index is 8790. The van der Waals surface area contributed by atoms with E-state index < -0.39 is 0 Å². The van der Waals surface area contributed by atoms with Gasteiger partial charge in [-0.1, -0.05) is 194 Å². The molecule has 6 heterocycles. The molecule has 0 saturated carbocycles. The first-order valence-electron chi connectivity index (χ1n) is 41.9. The number of hydrogen-bond donors (Lipinski definition) is 0. The molecular formula is C114H65ClF3N3O6. The summed E-state index contributed by atoms with van der Waals surface area (Å²) in [6, 6.07) is 131. The van der Waals surface area contributed by atoms with Crippen molar-refractivity contribution in [3.05, 3.63) is 417 Å². The van der Waals surface area contributed by atoms with Crippen LogP contribution in [-0.4, -0.2) is 0 Å². The first-order chi connectivity index (χ1) is 62.5. The van der Waals surface area contributed by atoms with Gasteiger partial charge in [-0.2, -0.15) is 0 Å². The van der Waals surface area contributed by atoms with Crippen LogP contribution in [-0.2, 0) is 0 Å². The van der Waals surface area contributed by atoms with Gasteiger partial charge in [0.1, 0.15) is 84.4 Å². The molecule has 0 aliphatic rings. The number of para-hydroxylation sites is 2. The van der Waals surface area contributed by atoms with Gasteiger partial charge in [0.2, 0.25) is 0 Å². The van der Waals surface area contributed by atoms with Crippen molar-refractivity contribution in [2.24, 2.45) is 0 Å². The van der Waals surface area contributed by atoms with E-state index in [1.165, 1.54) is 68.7 Å². The Labute approximate surface area is 725 Å². The quantitative estimate of drug-likeness (QED) is 0.131. The predicted octanol–water partition coefficient (Wildman–Crippen LogP) is 34.9. The van der Waals surface area contributed by atoms with Gasteiger partial charge in [0.15, 0.2) is 0 Å². The van der Waals surface area contributed by atoms with Crippen molar-refractivity contribution < 1.29 is 39.7 Å². The fourth-order valence-electron chi connectivity index (χ4n) is 19.2. The van der Waals surface area contributed by atoms with Crippen LogP contribution < -0.4 is 14.7 Å². The van der Waals surface area contributed by atoms with E-state index in [0.717, 1.165) is 182 Å². The number of anilines is 9. The monoisotopic (exact) mass is 1660 g/mol. The summed E-state index contributed by atoms with van der Waals surface area (Å²) in [5.41, 5.74) is 17.7. The fraction of sp³-hybridized carbons (Fsp3) is 0. The average molecular weight is 1670 g/mol. The molecule has 0 atom stereocenters. The van der Waals surface area contributed by atoms with Gasteiger partial charge in [0.25, 0.3) is 0 Å². The minimum atomic E-state index is -0.303. The van der Waals surface area contributed by atoms with E-state index in [1.54, 1.807) is 18.2 Å². The van der Waals surface area contributed by atoms with Gasteiger partial charge in [0.05, 0.1) is 17.1 Å². The van der Waals surface area contributed by atoms with Crippen LogP contribution in [0.15, 0.2) is 421 Å². The number of furan rings is 6. The summed E-state index contributed by atoms with van der Waals surface area (Å²) in [5, 5.41) is 25.9. The summed E-state index contributed by atoms with van der Waals surface area (Å²) >= 11 is 6.34. The molecule has 127 heavy (non-hydrogen) atoms. The summed E-state index contributed by atoms with van der Waals surface area (Å²) in [6.45, 7) is 0. The number of benzene rings is 21. The Hall–Kier alpha value is -16.5. The topological polar surface area (TPSA) is 88.6 Å². The van der Waals surface area contributed by atoms with Crippen LogP contribution in [0.5, 0.6) is 0 Å². The van der Waals surface area contributed by atoms with E-state index in [2.05, 4.69) is 245 Å². The molecule has 21 aromatic carbocycles. The lowest BCUT2D eigenvalue weighted by Crippen LogP contribution is -2.10. The lowest BCUT2D eigenvalue weighted by molar-refractivity contribution is 0.626. The second kappa shape index (κ2) is 29.1. The molecule has 13 heteroatoms. The third kappa shape index (κ3) is 12.2. The zero-order valence-corrected chi connectivity index (χ0v) is 68.1. The Morgan fingerprint density at radius 3 is 0.661 bits per heavy atom. The summed E-state index contributed by atoms with van der Waals surface area (Å²) in [6.07, 6.45) is 0. The summed E-state index contributed by atoms with van der Waals surface area (Å²) in [5.74, 6) is -0.886. The SMILES string of the molecule is Clc1ccc2oc3cc(N(c4ccc5c(c4)oc4ccccc45)c4cc5ccccc5c5ccccc45)ccc3c2c1.Fc1ccc2oc3cc(N(c4ccc5c(c4)oc4ccc(F)cc45)c4cc5ccccc5c5ccccc45)ccc3c2c1.Fc1ccc2oc3cc(N(c4ccc5c(c4)oc4ccccc45)c4cc5ccccc5c5ccccc45)ccc3c2c1. The van der Waals surface area contributed by atoms with E-state index in [0.29, 0.717) is 38.5 Å². The van der Waals surface area contributed by atoms with Gasteiger partial charge in [-0.15, -0.1) is 0 Å². The molecular weight excluding hydrogens is 1600 g/mol. The average Bonchev–Trinajstić information content (AvgIpc) is 1.74. The molecule has 0 radical (unpaired) electrons. The lowest BCUT2D eigenvalue weighted by Gasteiger charge is -2.27. The van der Waals surface area contributed by atoms with Crippen molar-refractivity contribution in [1.82, 2.24) is 0 Å². The Kier molecular flexibility index (Phi) is 16.8. The first kappa shape index (κ1) is 73.2. The number of hydrogen-bond acceptors (Lipinski definition) is 9. The van der Waals surface area contributed by atoms with Gasteiger partial charge < -0.3 is 41.2 Å². The maximum Gasteiger partial charge on any atom is 0.137 e. The van der Waals surface area contributed by atoms with Crippen LogP contribution in [0.2, 0.25) is 5.02 Å². The van der Waals surface area contributed by atoms with Crippen molar-refractivity contribution >= 4 is 259 Å². The molecule has 27 rings (SSSR count). The van der Waals surface area contributed by atoms with Gasteiger partial charge in [-0.3, -0.25) is 0 Å². The first-order valence-corrected chi connectivity index (χ1v) is 42.3. The Morgan fingerprint density at radius 1 is 0.157 bits per heavy atom. The number of fused-ring (bicyclic) bond motifs is 27. The van der Waals surface area contributed by atoms with Crippen molar-refractivity contribution in [3.63, 3.8) is 0 Å².